The number of hydrogen-bond donors (Lipinski definition) is 1. The zero-order chi connectivity index (χ0) is 13.7. The van der Waals surface area contributed by atoms with Gasteiger partial charge in [0.05, 0.1) is 12.1 Å². The summed E-state index contributed by atoms with van der Waals surface area (Å²) in [5, 5.41) is 3.02. The van der Waals surface area contributed by atoms with Gasteiger partial charge < -0.3 is 10.2 Å². The molecular weight excluding hydrogens is 240 g/mol. The predicted molar refractivity (Wildman–Crippen MR) is 74.8 cm³/mol. The maximum Gasteiger partial charge on any atom is 0.224 e. The Balaban J connectivity index is 1.92. The molecule has 1 saturated heterocycles. The minimum atomic E-state index is 0.0644. The molecule has 0 unspecified atom stereocenters. The van der Waals surface area contributed by atoms with Crippen LogP contribution in [0.1, 0.15) is 26.7 Å². The zero-order valence-electron chi connectivity index (χ0n) is 11.7. The topological polar surface area (TPSA) is 58.1 Å². The summed E-state index contributed by atoms with van der Waals surface area (Å²) in [6, 6.07) is 0. The molecule has 5 nitrogen and oxygen atoms in total. The fraction of sp³-hybridized carbons (Fsp3) is 0.643. The number of nitrogens with zero attached hydrogens (tertiary/aromatic N) is 3. The normalized spacial score (nSPS) is 19.5. The lowest BCUT2D eigenvalue weighted by atomic mass is 9.97. The number of aromatic nitrogens is 2. The summed E-state index contributed by atoms with van der Waals surface area (Å²) in [6.45, 7) is 6.65. The Labute approximate surface area is 114 Å². The molecular formula is C14H22N4O. The first-order valence-electron chi connectivity index (χ1n) is 6.95. The van der Waals surface area contributed by atoms with E-state index in [4.69, 9.17) is 0 Å². The molecule has 0 saturated carbocycles. The minimum absolute atomic E-state index is 0.0644. The summed E-state index contributed by atoms with van der Waals surface area (Å²) in [7, 11) is 0. The smallest absolute Gasteiger partial charge is 0.224 e. The van der Waals surface area contributed by atoms with Gasteiger partial charge in [0, 0.05) is 32.0 Å². The van der Waals surface area contributed by atoms with E-state index in [-0.39, 0.29) is 11.8 Å². The van der Waals surface area contributed by atoms with Gasteiger partial charge in [0.2, 0.25) is 5.91 Å². The molecule has 0 radical (unpaired) electrons. The molecule has 0 bridgehead atoms. The van der Waals surface area contributed by atoms with Crippen molar-refractivity contribution in [2.45, 2.75) is 26.7 Å². The van der Waals surface area contributed by atoms with E-state index in [9.17, 15) is 4.79 Å². The molecule has 1 amide bonds. The lowest BCUT2D eigenvalue weighted by molar-refractivity contribution is -0.125. The Hall–Kier alpha value is -1.65. The number of hydrogen-bond acceptors (Lipinski definition) is 4. The van der Waals surface area contributed by atoms with Crippen molar-refractivity contribution in [1.29, 1.82) is 0 Å². The highest BCUT2D eigenvalue weighted by Crippen LogP contribution is 2.20. The van der Waals surface area contributed by atoms with Crippen molar-refractivity contribution < 1.29 is 4.79 Å². The SMILES string of the molecule is CC(C)CNC(=O)[C@@H]1CCCN(c2cnccn2)C1. The third-order valence-corrected chi connectivity index (χ3v) is 3.35. The summed E-state index contributed by atoms with van der Waals surface area (Å²) in [4.78, 5) is 22.6. The first kappa shape index (κ1) is 13.8. The van der Waals surface area contributed by atoms with Crippen molar-refractivity contribution in [3.63, 3.8) is 0 Å². The van der Waals surface area contributed by atoms with Gasteiger partial charge in [0.15, 0.2) is 0 Å². The lowest BCUT2D eigenvalue weighted by Gasteiger charge is -2.32. The largest absolute Gasteiger partial charge is 0.356 e. The van der Waals surface area contributed by atoms with Gasteiger partial charge in [-0.2, -0.15) is 0 Å². The van der Waals surface area contributed by atoms with Crippen LogP contribution in [0.5, 0.6) is 0 Å². The number of anilines is 1. The van der Waals surface area contributed by atoms with E-state index in [1.54, 1.807) is 18.6 Å². The van der Waals surface area contributed by atoms with Gasteiger partial charge >= 0.3 is 0 Å². The van der Waals surface area contributed by atoms with Crippen LogP contribution in [0.2, 0.25) is 0 Å². The first-order chi connectivity index (χ1) is 9.16. The molecule has 5 heteroatoms. The van der Waals surface area contributed by atoms with Gasteiger partial charge in [-0.15, -0.1) is 0 Å². The molecule has 19 heavy (non-hydrogen) atoms. The number of carbonyl (C=O) groups is 1. The Morgan fingerprint density at radius 1 is 1.53 bits per heavy atom. The highest BCUT2D eigenvalue weighted by atomic mass is 16.1. The summed E-state index contributed by atoms with van der Waals surface area (Å²) in [5.41, 5.74) is 0. The van der Waals surface area contributed by atoms with Crippen molar-refractivity contribution in [3.8, 4) is 0 Å². The molecule has 1 aliphatic heterocycles. The zero-order valence-corrected chi connectivity index (χ0v) is 11.7. The van der Waals surface area contributed by atoms with E-state index in [2.05, 4.69) is 34.0 Å². The number of piperidine rings is 1. The van der Waals surface area contributed by atoms with Crippen molar-refractivity contribution in [2.24, 2.45) is 11.8 Å². The molecule has 2 heterocycles. The van der Waals surface area contributed by atoms with E-state index in [1.165, 1.54) is 0 Å². The number of rotatable bonds is 4. The summed E-state index contributed by atoms with van der Waals surface area (Å²) < 4.78 is 0. The Bertz CT molecular complexity index is 407. The average Bonchev–Trinajstić information content (AvgIpc) is 2.46. The monoisotopic (exact) mass is 262 g/mol. The lowest BCUT2D eigenvalue weighted by Crippen LogP contribution is -2.44. The van der Waals surface area contributed by atoms with Crippen LogP contribution in [0.4, 0.5) is 5.82 Å². The third-order valence-electron chi connectivity index (χ3n) is 3.35. The van der Waals surface area contributed by atoms with Crippen molar-refractivity contribution >= 4 is 11.7 Å². The predicted octanol–water partition coefficient (Wildman–Crippen LogP) is 1.47. The maximum atomic E-state index is 12.1. The Kier molecular flexibility index (Phi) is 4.71. The standard InChI is InChI=1S/C14H22N4O/c1-11(2)8-17-14(19)12-4-3-7-18(10-12)13-9-15-5-6-16-13/h5-6,9,11-12H,3-4,7-8,10H2,1-2H3,(H,17,19)/t12-/m1/s1. The van der Waals surface area contributed by atoms with E-state index in [0.29, 0.717) is 5.92 Å². The highest BCUT2D eigenvalue weighted by molar-refractivity contribution is 5.79. The maximum absolute atomic E-state index is 12.1. The van der Waals surface area contributed by atoms with Gasteiger partial charge in [-0.05, 0) is 18.8 Å². The molecule has 1 atom stereocenters. The Morgan fingerprint density at radius 2 is 2.37 bits per heavy atom. The second kappa shape index (κ2) is 6.50. The van der Waals surface area contributed by atoms with Crippen LogP contribution in [0.15, 0.2) is 18.6 Å². The molecule has 2 rings (SSSR count). The molecule has 0 aliphatic carbocycles. The molecule has 0 spiro atoms. The van der Waals surface area contributed by atoms with Crippen LogP contribution in [0.3, 0.4) is 0 Å². The van der Waals surface area contributed by atoms with Crippen molar-refractivity contribution in [2.75, 3.05) is 24.5 Å². The van der Waals surface area contributed by atoms with Gasteiger partial charge in [-0.3, -0.25) is 9.78 Å². The number of carbonyl (C=O) groups excluding carboxylic acids is 1. The van der Waals surface area contributed by atoms with Gasteiger partial charge in [0.1, 0.15) is 5.82 Å². The summed E-state index contributed by atoms with van der Waals surface area (Å²) in [5.74, 6) is 1.59. The summed E-state index contributed by atoms with van der Waals surface area (Å²) in [6.07, 6.45) is 7.10. The van der Waals surface area contributed by atoms with Gasteiger partial charge in [-0.1, -0.05) is 13.8 Å². The van der Waals surface area contributed by atoms with Crippen molar-refractivity contribution in [1.82, 2.24) is 15.3 Å². The fourth-order valence-corrected chi connectivity index (χ4v) is 2.30. The van der Waals surface area contributed by atoms with Gasteiger partial charge in [-0.25, -0.2) is 4.98 Å². The van der Waals surface area contributed by atoms with Crippen LogP contribution in [-0.4, -0.2) is 35.5 Å². The van der Waals surface area contributed by atoms with E-state index < -0.39 is 0 Å². The van der Waals surface area contributed by atoms with Crippen LogP contribution < -0.4 is 10.2 Å². The molecule has 1 N–H and O–H groups in total. The van der Waals surface area contributed by atoms with Crippen LogP contribution in [0.25, 0.3) is 0 Å². The minimum Gasteiger partial charge on any atom is -0.356 e. The van der Waals surface area contributed by atoms with E-state index in [0.717, 1.165) is 38.3 Å². The van der Waals surface area contributed by atoms with E-state index in [1.807, 2.05) is 0 Å². The van der Waals surface area contributed by atoms with Crippen LogP contribution >= 0.6 is 0 Å². The third kappa shape index (κ3) is 3.91. The van der Waals surface area contributed by atoms with Gasteiger partial charge in [0.25, 0.3) is 0 Å². The Morgan fingerprint density at radius 3 is 3.05 bits per heavy atom. The number of nitrogens with one attached hydrogen (secondary N) is 1. The second-order valence-corrected chi connectivity index (χ2v) is 5.49. The quantitative estimate of drug-likeness (QED) is 0.892. The molecule has 1 aromatic rings. The van der Waals surface area contributed by atoms with E-state index >= 15 is 0 Å². The highest BCUT2D eigenvalue weighted by Gasteiger charge is 2.26. The first-order valence-corrected chi connectivity index (χ1v) is 6.95. The average molecular weight is 262 g/mol. The number of amides is 1. The molecule has 1 fully saturated rings. The summed E-state index contributed by atoms with van der Waals surface area (Å²) >= 11 is 0. The molecule has 0 aromatic carbocycles. The fourth-order valence-electron chi connectivity index (χ4n) is 2.30. The molecule has 1 aliphatic rings. The molecule has 104 valence electrons. The second-order valence-electron chi connectivity index (χ2n) is 5.49. The van der Waals surface area contributed by atoms with Crippen molar-refractivity contribution in [3.05, 3.63) is 18.6 Å². The molecule has 1 aromatic heterocycles. The van der Waals surface area contributed by atoms with Crippen LogP contribution in [-0.2, 0) is 4.79 Å². The van der Waals surface area contributed by atoms with Crippen LogP contribution in [0, 0.1) is 11.8 Å².